The van der Waals surface area contributed by atoms with Gasteiger partial charge in [0.2, 0.25) is 5.91 Å². The van der Waals surface area contributed by atoms with Crippen LogP contribution in [-0.4, -0.2) is 12.5 Å². The summed E-state index contributed by atoms with van der Waals surface area (Å²) < 4.78 is 12.9. The van der Waals surface area contributed by atoms with Crippen LogP contribution < -0.4 is 10.6 Å². The number of anilines is 2. The molecule has 0 unspecified atom stereocenters. The molecule has 2 N–H and O–H groups in total. The van der Waals surface area contributed by atoms with Gasteiger partial charge in [0.1, 0.15) is 5.82 Å². The maximum atomic E-state index is 12.9. The van der Waals surface area contributed by atoms with Gasteiger partial charge < -0.3 is 10.6 Å². The smallest absolute Gasteiger partial charge is 0.243 e. The largest absolute Gasteiger partial charge is 0.375 e. The first-order valence-corrected chi connectivity index (χ1v) is 7.04. The van der Waals surface area contributed by atoms with Crippen molar-refractivity contribution < 1.29 is 9.18 Å². The number of carbonyl (C=O) groups is 1. The quantitative estimate of drug-likeness (QED) is 0.873. The van der Waals surface area contributed by atoms with Gasteiger partial charge >= 0.3 is 0 Å². The second kappa shape index (κ2) is 7.09. The Hall–Kier alpha value is -2.07. The molecule has 0 heterocycles. The first-order valence-electron chi connectivity index (χ1n) is 6.66. The number of hydrogen-bond donors (Lipinski definition) is 2. The van der Waals surface area contributed by atoms with Crippen molar-refractivity contribution in [3.05, 3.63) is 58.9 Å². The average Bonchev–Trinajstić information content (AvgIpc) is 2.47. The number of hydrogen-bond acceptors (Lipinski definition) is 2. The zero-order chi connectivity index (χ0) is 15.2. The molecule has 0 saturated carbocycles. The van der Waals surface area contributed by atoms with Crippen LogP contribution in [0.3, 0.4) is 0 Å². The van der Waals surface area contributed by atoms with Crippen molar-refractivity contribution in [2.24, 2.45) is 0 Å². The summed E-state index contributed by atoms with van der Waals surface area (Å²) in [6.45, 7) is 2.13. The summed E-state index contributed by atoms with van der Waals surface area (Å²) in [5.41, 5.74) is 2.47. The van der Waals surface area contributed by atoms with Gasteiger partial charge in [-0.15, -0.1) is 0 Å². The first-order chi connectivity index (χ1) is 10.1. The fraction of sp³-hybridized carbons (Fsp3) is 0.188. The van der Waals surface area contributed by atoms with Gasteiger partial charge in [0.15, 0.2) is 0 Å². The zero-order valence-electron chi connectivity index (χ0n) is 11.6. The van der Waals surface area contributed by atoms with Crippen molar-refractivity contribution in [1.29, 1.82) is 0 Å². The fourth-order valence-electron chi connectivity index (χ4n) is 1.84. The van der Waals surface area contributed by atoms with E-state index >= 15 is 0 Å². The molecule has 5 heteroatoms. The summed E-state index contributed by atoms with van der Waals surface area (Å²) >= 11 is 5.87. The van der Waals surface area contributed by atoms with Gasteiger partial charge in [-0.1, -0.05) is 30.7 Å². The summed E-state index contributed by atoms with van der Waals surface area (Å²) in [6, 6.07) is 11.7. The summed E-state index contributed by atoms with van der Waals surface area (Å²) in [6.07, 6.45) is 0.957. The third kappa shape index (κ3) is 4.46. The molecule has 0 radical (unpaired) electrons. The van der Waals surface area contributed by atoms with E-state index in [4.69, 9.17) is 11.6 Å². The summed E-state index contributed by atoms with van der Waals surface area (Å²) in [7, 11) is 0. The van der Waals surface area contributed by atoms with Crippen LogP contribution in [0.15, 0.2) is 42.5 Å². The Labute approximate surface area is 128 Å². The van der Waals surface area contributed by atoms with E-state index in [1.165, 1.54) is 23.8 Å². The number of benzene rings is 2. The number of nitrogens with one attached hydrogen (secondary N) is 2. The molecule has 21 heavy (non-hydrogen) atoms. The van der Waals surface area contributed by atoms with E-state index in [-0.39, 0.29) is 17.5 Å². The van der Waals surface area contributed by atoms with E-state index in [1.807, 2.05) is 24.3 Å². The molecule has 0 aromatic heterocycles. The highest BCUT2D eigenvalue weighted by molar-refractivity contribution is 6.33. The molecule has 0 saturated heterocycles. The van der Waals surface area contributed by atoms with Crippen molar-refractivity contribution in [3.63, 3.8) is 0 Å². The van der Waals surface area contributed by atoms with E-state index in [1.54, 1.807) is 0 Å². The van der Waals surface area contributed by atoms with Gasteiger partial charge in [-0.05, 0) is 42.3 Å². The lowest BCUT2D eigenvalue weighted by Gasteiger charge is -2.09. The highest BCUT2D eigenvalue weighted by Gasteiger charge is 2.05. The van der Waals surface area contributed by atoms with Crippen molar-refractivity contribution >= 4 is 28.9 Å². The second-order valence-electron chi connectivity index (χ2n) is 4.58. The van der Waals surface area contributed by atoms with Crippen LogP contribution in [0.2, 0.25) is 5.02 Å². The van der Waals surface area contributed by atoms with E-state index in [9.17, 15) is 9.18 Å². The van der Waals surface area contributed by atoms with E-state index in [0.717, 1.165) is 12.1 Å². The summed E-state index contributed by atoms with van der Waals surface area (Å²) in [4.78, 5) is 11.8. The van der Waals surface area contributed by atoms with Crippen LogP contribution in [0.5, 0.6) is 0 Å². The molecule has 0 aliphatic carbocycles. The number of carbonyl (C=O) groups excluding carboxylic acids is 1. The standard InChI is InChI=1S/C16H16ClFN2O/c1-2-11-3-6-13(7-4-11)20-16(21)10-19-15-8-5-12(18)9-14(15)17/h3-9,19H,2,10H2,1H3,(H,20,21). The third-order valence-electron chi connectivity index (χ3n) is 3.02. The Morgan fingerprint density at radius 2 is 1.90 bits per heavy atom. The van der Waals surface area contributed by atoms with Crippen LogP contribution in [0, 0.1) is 5.82 Å². The molecule has 0 aliphatic rings. The molecular weight excluding hydrogens is 291 g/mol. The molecule has 2 aromatic rings. The van der Waals surface area contributed by atoms with Gasteiger partial charge in [0, 0.05) is 5.69 Å². The number of aryl methyl sites for hydroxylation is 1. The molecule has 3 nitrogen and oxygen atoms in total. The Balaban J connectivity index is 1.89. The maximum absolute atomic E-state index is 12.9. The van der Waals surface area contributed by atoms with Crippen molar-refractivity contribution in [2.45, 2.75) is 13.3 Å². The number of rotatable bonds is 5. The Morgan fingerprint density at radius 3 is 2.52 bits per heavy atom. The van der Waals surface area contributed by atoms with Crippen molar-refractivity contribution in [3.8, 4) is 0 Å². The Bertz CT molecular complexity index is 629. The second-order valence-corrected chi connectivity index (χ2v) is 4.98. The Kier molecular flexibility index (Phi) is 5.17. The number of halogens is 2. The lowest BCUT2D eigenvalue weighted by Crippen LogP contribution is -2.21. The van der Waals surface area contributed by atoms with Crippen molar-refractivity contribution in [1.82, 2.24) is 0 Å². The highest BCUT2D eigenvalue weighted by Crippen LogP contribution is 2.22. The van der Waals surface area contributed by atoms with Gasteiger partial charge in [-0.25, -0.2) is 4.39 Å². The van der Waals surface area contributed by atoms with Gasteiger partial charge in [-0.3, -0.25) is 4.79 Å². The topological polar surface area (TPSA) is 41.1 Å². The van der Waals surface area contributed by atoms with Crippen molar-refractivity contribution in [2.75, 3.05) is 17.2 Å². The molecule has 110 valence electrons. The minimum atomic E-state index is -0.411. The van der Waals surface area contributed by atoms with Gasteiger partial charge in [0.25, 0.3) is 0 Å². The molecule has 0 aliphatic heterocycles. The first kappa shape index (κ1) is 15.3. The Morgan fingerprint density at radius 1 is 1.19 bits per heavy atom. The van der Waals surface area contributed by atoms with Crippen LogP contribution in [0.1, 0.15) is 12.5 Å². The zero-order valence-corrected chi connectivity index (χ0v) is 12.4. The number of amides is 1. The highest BCUT2D eigenvalue weighted by atomic mass is 35.5. The molecule has 0 spiro atoms. The maximum Gasteiger partial charge on any atom is 0.243 e. The summed E-state index contributed by atoms with van der Waals surface area (Å²) in [5.74, 6) is -0.606. The molecule has 1 amide bonds. The van der Waals surface area contributed by atoms with Gasteiger partial charge in [-0.2, -0.15) is 0 Å². The normalized spacial score (nSPS) is 10.2. The molecule has 0 fully saturated rings. The lowest BCUT2D eigenvalue weighted by atomic mass is 10.1. The van der Waals surface area contributed by atoms with E-state index < -0.39 is 5.82 Å². The van der Waals surface area contributed by atoms with Crippen LogP contribution in [0.4, 0.5) is 15.8 Å². The average molecular weight is 307 g/mol. The SMILES string of the molecule is CCc1ccc(NC(=O)CNc2ccc(F)cc2Cl)cc1. The van der Waals surface area contributed by atoms with Crippen LogP contribution in [0.25, 0.3) is 0 Å². The molecular formula is C16H16ClFN2O. The predicted molar refractivity (Wildman–Crippen MR) is 84.3 cm³/mol. The predicted octanol–water partition coefficient (Wildman–Crippen LogP) is 4.09. The summed E-state index contributed by atoms with van der Waals surface area (Å²) in [5, 5.41) is 5.89. The lowest BCUT2D eigenvalue weighted by molar-refractivity contribution is -0.114. The molecule has 2 rings (SSSR count). The van der Waals surface area contributed by atoms with Gasteiger partial charge in [0.05, 0.1) is 17.3 Å². The molecule has 0 atom stereocenters. The minimum absolute atomic E-state index is 0.0564. The fourth-order valence-corrected chi connectivity index (χ4v) is 2.07. The van der Waals surface area contributed by atoms with Crippen LogP contribution in [-0.2, 0) is 11.2 Å². The van der Waals surface area contributed by atoms with E-state index in [2.05, 4.69) is 17.6 Å². The van der Waals surface area contributed by atoms with E-state index in [0.29, 0.717) is 5.69 Å². The monoisotopic (exact) mass is 306 g/mol. The minimum Gasteiger partial charge on any atom is -0.375 e. The van der Waals surface area contributed by atoms with Crippen LogP contribution >= 0.6 is 11.6 Å². The molecule has 0 bridgehead atoms. The molecule has 2 aromatic carbocycles. The third-order valence-corrected chi connectivity index (χ3v) is 3.33.